The predicted molar refractivity (Wildman–Crippen MR) is 80.4 cm³/mol. The largest absolute Gasteiger partial charge is 0.334 e. The van der Waals surface area contributed by atoms with Crippen LogP contribution in [-0.2, 0) is 13.5 Å². The van der Waals surface area contributed by atoms with E-state index >= 15 is 0 Å². The van der Waals surface area contributed by atoms with Crippen molar-refractivity contribution in [2.75, 3.05) is 0 Å². The first-order chi connectivity index (χ1) is 12.0. The van der Waals surface area contributed by atoms with Crippen LogP contribution in [0.5, 0.6) is 0 Å². The Bertz CT molecular complexity index is 916. The molecule has 0 radical (unpaired) electrons. The summed E-state index contributed by atoms with van der Waals surface area (Å²) in [4.78, 5) is 8.67. The van der Waals surface area contributed by atoms with Gasteiger partial charge in [-0.05, 0) is 31.0 Å². The number of aryl methyl sites for hydroxylation is 1. The van der Waals surface area contributed by atoms with Crippen molar-refractivity contribution >= 4 is 0 Å². The first-order valence-corrected chi connectivity index (χ1v) is 7.81. The Balaban J connectivity index is 1.55. The summed E-state index contributed by atoms with van der Waals surface area (Å²) >= 11 is 0. The van der Waals surface area contributed by atoms with E-state index < -0.39 is 17.8 Å². The van der Waals surface area contributed by atoms with Gasteiger partial charge in [0.1, 0.15) is 11.6 Å². The summed E-state index contributed by atoms with van der Waals surface area (Å²) in [6.45, 7) is 0. The second-order valence-corrected chi connectivity index (χ2v) is 6.01. The van der Waals surface area contributed by atoms with E-state index in [2.05, 4.69) is 20.2 Å². The average molecular weight is 349 g/mol. The molecule has 0 saturated heterocycles. The van der Waals surface area contributed by atoms with Crippen molar-refractivity contribution in [2.24, 2.45) is 7.05 Å². The third kappa shape index (κ3) is 3.13. The second-order valence-electron chi connectivity index (χ2n) is 6.01. The smallest absolute Gasteiger partial charge is 0.266 e. The molecule has 0 unspecified atom stereocenters. The van der Waals surface area contributed by atoms with Crippen LogP contribution in [0.25, 0.3) is 11.5 Å². The van der Waals surface area contributed by atoms with Crippen LogP contribution < -0.4 is 0 Å². The lowest BCUT2D eigenvalue weighted by Crippen LogP contribution is -2.01. The van der Waals surface area contributed by atoms with Crippen molar-refractivity contribution in [1.29, 1.82) is 0 Å². The second kappa shape index (κ2) is 5.98. The van der Waals surface area contributed by atoms with E-state index in [1.165, 1.54) is 6.07 Å². The number of halogens is 3. The average Bonchev–Trinajstić information content (AvgIpc) is 3.21. The molecule has 25 heavy (non-hydrogen) atoms. The molecule has 1 saturated carbocycles. The molecule has 3 aromatic rings. The lowest BCUT2D eigenvalue weighted by molar-refractivity contribution is 0.146. The highest BCUT2D eigenvalue weighted by Gasteiger charge is 2.28. The highest BCUT2D eigenvalue weighted by Crippen LogP contribution is 2.38. The zero-order valence-corrected chi connectivity index (χ0v) is 13.3. The van der Waals surface area contributed by atoms with Crippen LogP contribution in [0.15, 0.2) is 22.7 Å². The molecule has 4 rings (SSSR count). The summed E-state index contributed by atoms with van der Waals surface area (Å²) in [5.41, 5.74) is -0.410. The molecule has 0 bridgehead atoms. The van der Waals surface area contributed by atoms with Crippen molar-refractivity contribution in [3.8, 4) is 11.5 Å². The van der Waals surface area contributed by atoms with Gasteiger partial charge in [0.05, 0.1) is 12.0 Å². The number of hydrogen-bond acceptors (Lipinski definition) is 5. The van der Waals surface area contributed by atoms with Gasteiger partial charge in [-0.1, -0.05) is 5.16 Å². The Morgan fingerprint density at radius 1 is 1.28 bits per heavy atom. The minimum absolute atomic E-state index is 0.0688. The maximum atomic E-state index is 13.7. The van der Waals surface area contributed by atoms with Gasteiger partial charge >= 0.3 is 0 Å². The normalized spacial score (nSPS) is 14.4. The van der Waals surface area contributed by atoms with Gasteiger partial charge in [0.25, 0.3) is 12.3 Å². The summed E-state index contributed by atoms with van der Waals surface area (Å²) < 4.78 is 45.7. The van der Waals surface area contributed by atoms with E-state index in [4.69, 9.17) is 4.52 Å². The Labute approximate surface area is 140 Å². The molecule has 1 aliphatic rings. The third-order valence-corrected chi connectivity index (χ3v) is 4.08. The van der Waals surface area contributed by atoms with E-state index in [-0.39, 0.29) is 11.5 Å². The fourth-order valence-electron chi connectivity index (χ4n) is 2.53. The topological polar surface area (TPSA) is 69.6 Å². The molecule has 0 amide bonds. The van der Waals surface area contributed by atoms with Crippen LogP contribution in [0.3, 0.4) is 0 Å². The predicted octanol–water partition coefficient (Wildman–Crippen LogP) is 3.41. The molecule has 0 spiro atoms. The van der Waals surface area contributed by atoms with Gasteiger partial charge in [-0.3, -0.25) is 4.68 Å². The summed E-state index contributed by atoms with van der Waals surface area (Å²) in [6, 6.07) is 3.31. The lowest BCUT2D eigenvalue weighted by Gasteiger charge is -2.02. The molecule has 9 heteroatoms. The monoisotopic (exact) mass is 349 g/mol. The molecule has 0 N–H and O–H groups in total. The van der Waals surface area contributed by atoms with Crippen LogP contribution in [0.4, 0.5) is 13.2 Å². The molecule has 6 nitrogen and oxygen atoms in total. The highest BCUT2D eigenvalue weighted by molar-refractivity contribution is 5.53. The zero-order valence-electron chi connectivity index (χ0n) is 13.3. The molecule has 0 aliphatic heterocycles. The summed E-state index contributed by atoms with van der Waals surface area (Å²) in [6.07, 6.45) is -0.340. The van der Waals surface area contributed by atoms with Gasteiger partial charge in [0.15, 0.2) is 11.6 Å². The summed E-state index contributed by atoms with van der Waals surface area (Å²) in [5.74, 6) is 1.40. The number of hydrogen-bond donors (Lipinski definition) is 0. The maximum absolute atomic E-state index is 13.7. The van der Waals surface area contributed by atoms with Crippen LogP contribution in [0.2, 0.25) is 0 Å². The van der Waals surface area contributed by atoms with E-state index in [1.54, 1.807) is 11.7 Å². The van der Waals surface area contributed by atoms with Crippen molar-refractivity contribution in [1.82, 2.24) is 24.9 Å². The molecule has 1 aromatic carbocycles. The minimum atomic E-state index is -2.87. The molecule has 0 atom stereocenters. The molecule has 130 valence electrons. The number of rotatable bonds is 5. The van der Waals surface area contributed by atoms with Crippen LogP contribution in [0.1, 0.15) is 48.2 Å². The van der Waals surface area contributed by atoms with E-state index in [0.29, 0.717) is 24.0 Å². The first kappa shape index (κ1) is 15.8. The number of nitrogens with zero attached hydrogens (tertiary/aromatic N) is 5. The first-order valence-electron chi connectivity index (χ1n) is 7.81. The number of alkyl halides is 2. The standard InChI is InChI=1S/C16H14F3N5O/c1-24-13(21-15(22-24)8-2-3-8)7-12-20-16(25-23-12)9-4-5-10(14(18)19)11(17)6-9/h4-6,8,14H,2-3,7H2,1H3. The van der Waals surface area contributed by atoms with E-state index in [1.807, 2.05) is 0 Å². The zero-order chi connectivity index (χ0) is 17.6. The summed E-state index contributed by atoms with van der Waals surface area (Å²) in [5, 5.41) is 8.22. The number of benzene rings is 1. The van der Waals surface area contributed by atoms with E-state index in [9.17, 15) is 13.2 Å². The minimum Gasteiger partial charge on any atom is -0.334 e. The van der Waals surface area contributed by atoms with Crippen LogP contribution in [0, 0.1) is 5.82 Å². The van der Waals surface area contributed by atoms with Crippen molar-refractivity contribution in [2.45, 2.75) is 31.6 Å². The van der Waals surface area contributed by atoms with Gasteiger partial charge in [0.2, 0.25) is 0 Å². The SMILES string of the molecule is Cn1nc(C2CC2)nc1Cc1noc(-c2ccc(C(F)F)c(F)c2)n1. The Hall–Kier alpha value is -2.71. The highest BCUT2D eigenvalue weighted by atomic mass is 19.3. The Morgan fingerprint density at radius 2 is 2.08 bits per heavy atom. The third-order valence-electron chi connectivity index (χ3n) is 4.08. The number of aromatic nitrogens is 5. The fraction of sp³-hybridized carbons (Fsp3) is 0.375. The summed E-state index contributed by atoms with van der Waals surface area (Å²) in [7, 11) is 1.80. The van der Waals surface area contributed by atoms with Gasteiger partial charge < -0.3 is 4.52 Å². The Kier molecular flexibility index (Phi) is 3.78. The fourth-order valence-corrected chi connectivity index (χ4v) is 2.53. The lowest BCUT2D eigenvalue weighted by atomic mass is 10.1. The molecule has 2 aromatic heterocycles. The Morgan fingerprint density at radius 3 is 2.76 bits per heavy atom. The van der Waals surface area contributed by atoms with Gasteiger partial charge in [-0.25, -0.2) is 18.2 Å². The maximum Gasteiger partial charge on any atom is 0.266 e. The molecule has 1 fully saturated rings. The molecular weight excluding hydrogens is 335 g/mol. The quantitative estimate of drug-likeness (QED) is 0.706. The van der Waals surface area contributed by atoms with Gasteiger partial charge in [0, 0.05) is 18.5 Å². The van der Waals surface area contributed by atoms with Crippen molar-refractivity contribution < 1.29 is 17.7 Å². The van der Waals surface area contributed by atoms with Crippen molar-refractivity contribution in [3.05, 3.63) is 47.1 Å². The van der Waals surface area contributed by atoms with Crippen LogP contribution in [-0.4, -0.2) is 24.9 Å². The molecule has 1 aliphatic carbocycles. The van der Waals surface area contributed by atoms with Gasteiger partial charge in [-0.15, -0.1) is 0 Å². The van der Waals surface area contributed by atoms with Crippen molar-refractivity contribution in [3.63, 3.8) is 0 Å². The van der Waals surface area contributed by atoms with Crippen LogP contribution >= 0.6 is 0 Å². The molecular formula is C16H14F3N5O. The van der Waals surface area contributed by atoms with E-state index in [0.717, 1.165) is 30.8 Å². The molecule has 2 heterocycles. The van der Waals surface area contributed by atoms with Gasteiger partial charge in [-0.2, -0.15) is 10.1 Å².